The number of carbonyl (C=O) groups is 1. The maximum absolute atomic E-state index is 12.3. The van der Waals surface area contributed by atoms with Gasteiger partial charge < -0.3 is 9.64 Å². The van der Waals surface area contributed by atoms with E-state index < -0.39 is 15.1 Å². The summed E-state index contributed by atoms with van der Waals surface area (Å²) in [5.41, 5.74) is 0.556. The monoisotopic (exact) mass is 311 g/mol. The van der Waals surface area contributed by atoms with Crippen molar-refractivity contribution in [3.8, 4) is 5.75 Å². The number of sulfone groups is 1. The highest BCUT2D eigenvalue weighted by molar-refractivity contribution is 7.91. The second-order valence-corrected chi connectivity index (χ2v) is 8.01. The number of benzene rings is 1. The molecule has 1 aliphatic rings. The van der Waals surface area contributed by atoms with Crippen LogP contribution in [0.25, 0.3) is 0 Å². The van der Waals surface area contributed by atoms with Gasteiger partial charge in [-0.2, -0.15) is 0 Å². The Morgan fingerprint density at radius 1 is 1.29 bits per heavy atom. The van der Waals surface area contributed by atoms with Gasteiger partial charge in [-0.05, 0) is 44.5 Å². The fourth-order valence-corrected chi connectivity index (χ4v) is 3.38. The molecular formula is C15H21NO4S. The molecule has 1 aromatic rings. The van der Waals surface area contributed by atoms with Gasteiger partial charge in [0.05, 0.1) is 11.4 Å². The van der Waals surface area contributed by atoms with E-state index in [4.69, 9.17) is 4.74 Å². The van der Waals surface area contributed by atoms with Crippen molar-refractivity contribution in [3.63, 3.8) is 0 Å². The normalized spacial score (nSPS) is 19.0. The van der Waals surface area contributed by atoms with Crippen molar-refractivity contribution >= 4 is 15.7 Å². The predicted molar refractivity (Wildman–Crippen MR) is 81.4 cm³/mol. The molecule has 1 fully saturated rings. The lowest BCUT2D eigenvalue weighted by atomic mass is 10.2. The van der Waals surface area contributed by atoms with Gasteiger partial charge in [-0.3, -0.25) is 4.79 Å². The van der Waals surface area contributed by atoms with Crippen molar-refractivity contribution in [1.29, 1.82) is 0 Å². The van der Waals surface area contributed by atoms with Gasteiger partial charge in [0.25, 0.3) is 5.91 Å². The highest BCUT2D eigenvalue weighted by atomic mass is 32.2. The first kappa shape index (κ1) is 15.8. The third-order valence-electron chi connectivity index (χ3n) is 3.51. The first-order valence-electron chi connectivity index (χ1n) is 7.02. The van der Waals surface area contributed by atoms with Gasteiger partial charge in [0.2, 0.25) is 0 Å². The zero-order valence-electron chi connectivity index (χ0n) is 12.6. The van der Waals surface area contributed by atoms with E-state index in [1.165, 1.54) is 6.26 Å². The minimum Gasteiger partial charge on any atom is -0.491 e. The molecule has 0 aliphatic carbocycles. The topological polar surface area (TPSA) is 63.7 Å². The molecule has 21 heavy (non-hydrogen) atoms. The Morgan fingerprint density at radius 2 is 1.90 bits per heavy atom. The summed E-state index contributed by atoms with van der Waals surface area (Å²) in [6.45, 7) is 4.64. The van der Waals surface area contributed by atoms with Crippen LogP contribution < -0.4 is 4.74 Å². The average Bonchev–Trinajstić information content (AvgIpc) is 2.87. The Kier molecular flexibility index (Phi) is 4.56. The van der Waals surface area contributed by atoms with Crippen molar-refractivity contribution in [1.82, 2.24) is 4.90 Å². The fourth-order valence-electron chi connectivity index (χ4n) is 2.39. The van der Waals surface area contributed by atoms with Gasteiger partial charge >= 0.3 is 0 Å². The summed E-state index contributed by atoms with van der Waals surface area (Å²) in [6, 6.07) is 6.95. The first-order chi connectivity index (χ1) is 9.77. The number of nitrogens with zero attached hydrogens (tertiary/aromatic N) is 1. The molecule has 116 valence electrons. The van der Waals surface area contributed by atoms with Gasteiger partial charge in [0, 0.05) is 24.9 Å². The summed E-state index contributed by atoms with van der Waals surface area (Å²) < 4.78 is 28.6. The molecule has 0 radical (unpaired) electrons. The highest BCUT2D eigenvalue weighted by Gasteiger charge is 2.32. The van der Waals surface area contributed by atoms with Gasteiger partial charge in [0.1, 0.15) is 5.75 Å². The number of ether oxygens (including phenoxy) is 1. The van der Waals surface area contributed by atoms with Crippen molar-refractivity contribution < 1.29 is 17.9 Å². The smallest absolute Gasteiger partial charge is 0.253 e. The lowest BCUT2D eigenvalue weighted by Gasteiger charge is -2.16. The van der Waals surface area contributed by atoms with E-state index in [1.807, 2.05) is 13.8 Å². The SMILES string of the molecule is CC(C)Oc1ccc(C(=O)N2CCC(S(C)(=O)=O)C2)cc1. The molecule has 6 heteroatoms. The Balaban J connectivity index is 2.04. The summed E-state index contributed by atoms with van der Waals surface area (Å²) in [5, 5.41) is -0.440. The number of carbonyl (C=O) groups excluding carboxylic acids is 1. The summed E-state index contributed by atoms with van der Waals surface area (Å²) in [4.78, 5) is 13.9. The molecule has 1 amide bonds. The van der Waals surface area contributed by atoms with Crippen LogP contribution in [0.5, 0.6) is 5.75 Å². The number of rotatable bonds is 4. The molecule has 0 N–H and O–H groups in total. The number of likely N-dealkylation sites (tertiary alicyclic amines) is 1. The molecular weight excluding hydrogens is 290 g/mol. The molecule has 1 unspecified atom stereocenters. The Morgan fingerprint density at radius 3 is 2.38 bits per heavy atom. The molecule has 0 aromatic heterocycles. The molecule has 1 aromatic carbocycles. The Hall–Kier alpha value is -1.56. The summed E-state index contributed by atoms with van der Waals surface area (Å²) in [6.07, 6.45) is 1.82. The molecule has 2 rings (SSSR count). The van der Waals surface area contributed by atoms with E-state index in [0.717, 1.165) is 5.75 Å². The highest BCUT2D eigenvalue weighted by Crippen LogP contribution is 2.20. The van der Waals surface area contributed by atoms with E-state index in [1.54, 1.807) is 29.2 Å². The molecule has 0 bridgehead atoms. The third kappa shape index (κ3) is 3.97. The van der Waals surface area contributed by atoms with Crippen LogP contribution in [0.2, 0.25) is 0 Å². The van der Waals surface area contributed by atoms with Crippen LogP contribution in [0.1, 0.15) is 30.6 Å². The zero-order chi connectivity index (χ0) is 15.6. The van der Waals surface area contributed by atoms with E-state index >= 15 is 0 Å². The second-order valence-electron chi connectivity index (χ2n) is 5.68. The number of amides is 1. The van der Waals surface area contributed by atoms with Crippen molar-refractivity contribution in [3.05, 3.63) is 29.8 Å². The number of hydrogen-bond acceptors (Lipinski definition) is 4. The molecule has 0 saturated carbocycles. The summed E-state index contributed by atoms with van der Waals surface area (Å²) in [7, 11) is -3.09. The minimum absolute atomic E-state index is 0.0839. The zero-order valence-corrected chi connectivity index (χ0v) is 13.4. The molecule has 1 saturated heterocycles. The molecule has 1 aliphatic heterocycles. The van der Waals surface area contributed by atoms with Crippen molar-refractivity contribution in [2.24, 2.45) is 0 Å². The number of hydrogen-bond donors (Lipinski definition) is 0. The van der Waals surface area contributed by atoms with Crippen LogP contribution in [0, 0.1) is 0 Å². The van der Waals surface area contributed by atoms with E-state index in [-0.39, 0.29) is 18.6 Å². The van der Waals surface area contributed by atoms with Gasteiger partial charge in [0.15, 0.2) is 9.84 Å². The van der Waals surface area contributed by atoms with Crippen LogP contribution in [0.15, 0.2) is 24.3 Å². The van der Waals surface area contributed by atoms with E-state index in [0.29, 0.717) is 18.5 Å². The van der Waals surface area contributed by atoms with Crippen LogP contribution in [0.3, 0.4) is 0 Å². The van der Waals surface area contributed by atoms with E-state index in [2.05, 4.69) is 0 Å². The van der Waals surface area contributed by atoms with E-state index in [9.17, 15) is 13.2 Å². The molecule has 0 spiro atoms. The minimum atomic E-state index is -3.09. The lowest BCUT2D eigenvalue weighted by Crippen LogP contribution is -2.31. The predicted octanol–water partition coefficient (Wildman–Crippen LogP) is 1.73. The van der Waals surface area contributed by atoms with Crippen molar-refractivity contribution in [2.45, 2.75) is 31.6 Å². The van der Waals surface area contributed by atoms with Gasteiger partial charge in [-0.1, -0.05) is 0 Å². The lowest BCUT2D eigenvalue weighted by molar-refractivity contribution is 0.0793. The molecule has 1 heterocycles. The fraction of sp³-hybridized carbons (Fsp3) is 0.533. The van der Waals surface area contributed by atoms with Crippen LogP contribution >= 0.6 is 0 Å². The largest absolute Gasteiger partial charge is 0.491 e. The summed E-state index contributed by atoms with van der Waals surface area (Å²) >= 11 is 0. The maximum Gasteiger partial charge on any atom is 0.253 e. The first-order valence-corrected chi connectivity index (χ1v) is 8.97. The Bertz CT molecular complexity index is 607. The average molecular weight is 311 g/mol. The quantitative estimate of drug-likeness (QED) is 0.849. The standard InChI is InChI=1S/C15H21NO4S/c1-11(2)20-13-6-4-12(5-7-13)15(17)16-9-8-14(10-16)21(3,18)19/h4-7,11,14H,8-10H2,1-3H3. The molecule has 1 atom stereocenters. The molecule has 5 nitrogen and oxygen atoms in total. The van der Waals surface area contributed by atoms with Gasteiger partial charge in [-0.25, -0.2) is 8.42 Å². The van der Waals surface area contributed by atoms with Crippen LogP contribution in [-0.2, 0) is 9.84 Å². The van der Waals surface area contributed by atoms with Gasteiger partial charge in [-0.15, -0.1) is 0 Å². The maximum atomic E-state index is 12.3. The second kappa shape index (κ2) is 6.05. The van der Waals surface area contributed by atoms with Crippen LogP contribution in [-0.4, -0.2) is 49.9 Å². The summed E-state index contributed by atoms with van der Waals surface area (Å²) in [5.74, 6) is 0.592. The van der Waals surface area contributed by atoms with Crippen LogP contribution in [0.4, 0.5) is 0 Å². The third-order valence-corrected chi connectivity index (χ3v) is 5.11. The Labute approximate surface area is 125 Å². The van der Waals surface area contributed by atoms with Crippen molar-refractivity contribution in [2.75, 3.05) is 19.3 Å².